The van der Waals surface area contributed by atoms with Crippen LogP contribution in [0.4, 0.5) is 0 Å². The predicted molar refractivity (Wildman–Crippen MR) is 87.4 cm³/mol. The highest BCUT2D eigenvalue weighted by molar-refractivity contribution is 5.75. The zero-order valence-electron chi connectivity index (χ0n) is 14.1. The zero-order chi connectivity index (χ0) is 15.7. The summed E-state index contributed by atoms with van der Waals surface area (Å²) in [5.74, 6) is -0.228. The molecular formula is C15H33N5O. The maximum atomic E-state index is 11.2. The number of nitrogens with two attached hydrogens (primary N) is 1. The van der Waals surface area contributed by atoms with E-state index >= 15 is 0 Å². The fourth-order valence-electron chi connectivity index (χ4n) is 2.65. The minimum absolute atomic E-state index is 0.228. The van der Waals surface area contributed by atoms with Crippen molar-refractivity contribution in [2.45, 2.75) is 12.8 Å². The fourth-order valence-corrected chi connectivity index (χ4v) is 2.65. The molecule has 0 atom stereocenters. The van der Waals surface area contributed by atoms with Crippen molar-refractivity contribution in [1.82, 2.24) is 19.6 Å². The molecule has 6 nitrogen and oxygen atoms in total. The molecule has 1 amide bonds. The average molecular weight is 299 g/mol. The van der Waals surface area contributed by atoms with Crippen molar-refractivity contribution in [1.29, 1.82) is 0 Å². The second kappa shape index (κ2) is 10.1. The fraction of sp³-hybridized carbons (Fsp3) is 0.933. The van der Waals surface area contributed by atoms with Gasteiger partial charge in [-0.25, -0.2) is 0 Å². The molecule has 2 N–H and O–H groups in total. The summed E-state index contributed by atoms with van der Waals surface area (Å²) in [4.78, 5) is 20.5. The summed E-state index contributed by atoms with van der Waals surface area (Å²) >= 11 is 0. The van der Waals surface area contributed by atoms with Gasteiger partial charge in [0.05, 0.1) is 6.54 Å². The molecule has 1 fully saturated rings. The van der Waals surface area contributed by atoms with Gasteiger partial charge in [-0.1, -0.05) is 0 Å². The average Bonchev–Trinajstić information content (AvgIpc) is 2.41. The quantitative estimate of drug-likeness (QED) is 0.735. The highest BCUT2D eigenvalue weighted by Crippen LogP contribution is 1.99. The third-order valence-corrected chi connectivity index (χ3v) is 4.13. The third-order valence-electron chi connectivity index (χ3n) is 4.13. The Morgan fingerprint density at radius 2 is 1.19 bits per heavy atom. The lowest BCUT2D eigenvalue weighted by molar-refractivity contribution is -0.119. The Bertz CT molecular complexity index is 300. The Labute approximate surface area is 129 Å². The number of carbonyl (C=O) groups is 1. The molecule has 0 aliphatic carbocycles. The van der Waals surface area contributed by atoms with Crippen LogP contribution in [0, 0.1) is 0 Å². The molecule has 0 spiro atoms. The van der Waals surface area contributed by atoms with E-state index < -0.39 is 0 Å². The van der Waals surface area contributed by atoms with E-state index in [-0.39, 0.29) is 5.91 Å². The van der Waals surface area contributed by atoms with Crippen LogP contribution in [0.25, 0.3) is 0 Å². The molecule has 1 rings (SSSR count). The maximum Gasteiger partial charge on any atom is 0.231 e. The van der Waals surface area contributed by atoms with Gasteiger partial charge in [-0.15, -0.1) is 0 Å². The van der Waals surface area contributed by atoms with E-state index in [2.05, 4.69) is 40.7 Å². The van der Waals surface area contributed by atoms with E-state index in [0.29, 0.717) is 6.54 Å². The number of primary amides is 1. The number of hydrogen-bond acceptors (Lipinski definition) is 5. The molecule has 6 heteroatoms. The Morgan fingerprint density at radius 3 is 1.67 bits per heavy atom. The van der Waals surface area contributed by atoms with E-state index in [1.54, 1.807) is 0 Å². The molecule has 0 aromatic carbocycles. The molecule has 0 unspecified atom stereocenters. The first kappa shape index (κ1) is 18.4. The molecule has 0 saturated carbocycles. The number of carbonyl (C=O) groups excluding carboxylic acids is 1. The largest absolute Gasteiger partial charge is 0.369 e. The monoisotopic (exact) mass is 299 g/mol. The lowest BCUT2D eigenvalue weighted by Gasteiger charge is -2.28. The Morgan fingerprint density at radius 1 is 0.762 bits per heavy atom. The predicted octanol–water partition coefficient (Wildman–Crippen LogP) is -0.637. The number of nitrogens with zero attached hydrogens (tertiary/aromatic N) is 4. The van der Waals surface area contributed by atoms with Crippen LogP contribution in [-0.2, 0) is 4.79 Å². The van der Waals surface area contributed by atoms with E-state index in [1.807, 2.05) is 0 Å². The van der Waals surface area contributed by atoms with Crippen LogP contribution in [0.5, 0.6) is 0 Å². The van der Waals surface area contributed by atoms with Crippen LogP contribution in [0.3, 0.4) is 0 Å². The molecule has 0 aromatic rings. The van der Waals surface area contributed by atoms with Crippen molar-refractivity contribution in [3.8, 4) is 0 Å². The molecule has 1 aliphatic heterocycles. The Kier molecular flexibility index (Phi) is 8.84. The smallest absolute Gasteiger partial charge is 0.231 e. The molecule has 1 heterocycles. The topological polar surface area (TPSA) is 56.1 Å². The highest BCUT2D eigenvalue weighted by atomic mass is 16.1. The normalized spacial score (nSPS) is 23.8. The number of amides is 1. The van der Waals surface area contributed by atoms with Gasteiger partial charge < -0.3 is 20.4 Å². The zero-order valence-corrected chi connectivity index (χ0v) is 14.1. The van der Waals surface area contributed by atoms with Gasteiger partial charge in [0, 0.05) is 26.2 Å². The minimum Gasteiger partial charge on any atom is -0.369 e. The standard InChI is InChI=1S/C15H33N5O/c1-17-6-4-7-19(3)12-13-20(14-15(16)21)9-5-8-18(2)11-10-17/h4-14H2,1-3H3,(H2,16,21). The van der Waals surface area contributed by atoms with Gasteiger partial charge in [0.25, 0.3) is 0 Å². The van der Waals surface area contributed by atoms with Crippen LogP contribution in [0.15, 0.2) is 0 Å². The van der Waals surface area contributed by atoms with Crippen LogP contribution in [0.2, 0.25) is 0 Å². The van der Waals surface area contributed by atoms with Crippen LogP contribution in [0.1, 0.15) is 12.8 Å². The lowest BCUT2D eigenvalue weighted by atomic mass is 10.3. The minimum atomic E-state index is -0.228. The molecule has 0 bridgehead atoms. The lowest BCUT2D eigenvalue weighted by Crippen LogP contribution is -2.41. The molecule has 124 valence electrons. The van der Waals surface area contributed by atoms with Crippen LogP contribution in [-0.4, -0.2) is 106 Å². The van der Waals surface area contributed by atoms with Gasteiger partial charge in [0.15, 0.2) is 0 Å². The Balaban J connectivity index is 2.50. The molecule has 0 aromatic heterocycles. The molecular weight excluding hydrogens is 266 g/mol. The number of likely N-dealkylation sites (N-methyl/N-ethyl adjacent to an activating group) is 3. The van der Waals surface area contributed by atoms with E-state index in [4.69, 9.17) is 5.73 Å². The van der Waals surface area contributed by atoms with Gasteiger partial charge in [-0.2, -0.15) is 0 Å². The van der Waals surface area contributed by atoms with Crippen molar-refractivity contribution in [3.63, 3.8) is 0 Å². The maximum absolute atomic E-state index is 11.2. The molecule has 0 radical (unpaired) electrons. The van der Waals surface area contributed by atoms with Gasteiger partial charge in [0.1, 0.15) is 0 Å². The first-order valence-corrected chi connectivity index (χ1v) is 8.03. The summed E-state index contributed by atoms with van der Waals surface area (Å²) < 4.78 is 0. The van der Waals surface area contributed by atoms with Gasteiger partial charge in [-0.05, 0) is 60.2 Å². The van der Waals surface area contributed by atoms with Crippen molar-refractivity contribution >= 4 is 5.91 Å². The van der Waals surface area contributed by atoms with E-state index in [1.165, 1.54) is 6.42 Å². The van der Waals surface area contributed by atoms with Crippen molar-refractivity contribution in [3.05, 3.63) is 0 Å². The molecule has 1 aliphatic rings. The van der Waals surface area contributed by atoms with Crippen molar-refractivity contribution in [2.75, 3.05) is 80.0 Å². The highest BCUT2D eigenvalue weighted by Gasteiger charge is 2.11. The van der Waals surface area contributed by atoms with E-state index in [9.17, 15) is 4.79 Å². The summed E-state index contributed by atoms with van der Waals surface area (Å²) in [6, 6.07) is 0. The van der Waals surface area contributed by atoms with Crippen molar-refractivity contribution in [2.24, 2.45) is 5.73 Å². The van der Waals surface area contributed by atoms with Crippen LogP contribution < -0.4 is 5.73 Å². The third kappa shape index (κ3) is 9.03. The summed E-state index contributed by atoms with van der Waals surface area (Å²) in [7, 11) is 6.53. The number of hydrogen-bond donors (Lipinski definition) is 1. The SMILES string of the molecule is CN1CCCN(C)CCN(CC(N)=O)CCCN(C)CC1. The summed E-state index contributed by atoms with van der Waals surface area (Å²) in [5, 5.41) is 0. The number of rotatable bonds is 2. The Hall–Kier alpha value is -0.690. The second-order valence-electron chi connectivity index (χ2n) is 6.36. The van der Waals surface area contributed by atoms with Gasteiger partial charge in [-0.3, -0.25) is 9.69 Å². The van der Waals surface area contributed by atoms with Crippen LogP contribution >= 0.6 is 0 Å². The first-order valence-electron chi connectivity index (χ1n) is 8.03. The first-order chi connectivity index (χ1) is 9.97. The van der Waals surface area contributed by atoms with Crippen molar-refractivity contribution < 1.29 is 4.79 Å². The second-order valence-corrected chi connectivity index (χ2v) is 6.36. The molecule has 1 saturated heterocycles. The van der Waals surface area contributed by atoms with Gasteiger partial charge in [0.2, 0.25) is 5.91 Å². The van der Waals surface area contributed by atoms with E-state index in [0.717, 1.165) is 58.8 Å². The molecule has 21 heavy (non-hydrogen) atoms. The summed E-state index contributed by atoms with van der Waals surface area (Å²) in [5.41, 5.74) is 5.35. The van der Waals surface area contributed by atoms with Gasteiger partial charge >= 0.3 is 0 Å². The summed E-state index contributed by atoms with van der Waals surface area (Å²) in [6.45, 7) is 8.75. The summed E-state index contributed by atoms with van der Waals surface area (Å²) in [6.07, 6.45) is 2.27.